The maximum atomic E-state index is 6.15. The molecule has 1 aliphatic carbocycles. The molecule has 0 heterocycles. The predicted octanol–water partition coefficient (Wildman–Crippen LogP) is 4.07. The summed E-state index contributed by atoms with van der Waals surface area (Å²) in [5, 5.41) is 3.28. The molecule has 0 saturated heterocycles. The SMILES string of the molecule is CNC(C)c1ccc(OC)c(COC2CCCC(C)C2)c1. The smallest absolute Gasteiger partial charge is 0.124 e. The van der Waals surface area contributed by atoms with E-state index in [1.807, 2.05) is 13.1 Å². The second kappa shape index (κ2) is 7.81. The van der Waals surface area contributed by atoms with Crippen LogP contribution in [0.4, 0.5) is 0 Å². The highest BCUT2D eigenvalue weighted by molar-refractivity contribution is 5.38. The van der Waals surface area contributed by atoms with Crippen molar-refractivity contribution in [3.05, 3.63) is 29.3 Å². The maximum Gasteiger partial charge on any atom is 0.124 e. The van der Waals surface area contributed by atoms with Crippen LogP contribution >= 0.6 is 0 Å². The predicted molar refractivity (Wildman–Crippen MR) is 86.7 cm³/mol. The number of hydrogen-bond acceptors (Lipinski definition) is 3. The Bertz CT molecular complexity index is 447. The van der Waals surface area contributed by atoms with Crippen LogP contribution in [0.25, 0.3) is 0 Å². The molecule has 118 valence electrons. The minimum atomic E-state index is 0.337. The summed E-state index contributed by atoms with van der Waals surface area (Å²) in [5.41, 5.74) is 2.42. The Balaban J connectivity index is 2.03. The molecule has 0 spiro atoms. The van der Waals surface area contributed by atoms with E-state index in [1.54, 1.807) is 7.11 Å². The van der Waals surface area contributed by atoms with Crippen LogP contribution in [-0.2, 0) is 11.3 Å². The van der Waals surface area contributed by atoms with Crippen molar-refractivity contribution in [1.82, 2.24) is 5.32 Å². The van der Waals surface area contributed by atoms with E-state index in [-0.39, 0.29) is 0 Å². The number of hydrogen-bond donors (Lipinski definition) is 1. The Hall–Kier alpha value is -1.06. The highest BCUT2D eigenvalue weighted by Crippen LogP contribution is 2.29. The lowest BCUT2D eigenvalue weighted by molar-refractivity contribution is 0.00392. The third-order valence-corrected chi connectivity index (χ3v) is 4.60. The molecule has 3 atom stereocenters. The third-order valence-electron chi connectivity index (χ3n) is 4.60. The topological polar surface area (TPSA) is 30.5 Å². The standard InChI is InChI=1S/C18H29NO2/c1-13-6-5-7-17(10-13)21-12-16-11-15(14(2)19-3)8-9-18(16)20-4/h8-9,11,13-14,17,19H,5-7,10,12H2,1-4H3. The summed E-state index contributed by atoms with van der Waals surface area (Å²) in [7, 11) is 3.71. The molecule has 3 heteroatoms. The molecule has 0 bridgehead atoms. The molecule has 0 radical (unpaired) electrons. The molecule has 3 nitrogen and oxygen atoms in total. The maximum absolute atomic E-state index is 6.15. The van der Waals surface area contributed by atoms with Crippen LogP contribution in [0.1, 0.15) is 56.7 Å². The van der Waals surface area contributed by atoms with E-state index in [9.17, 15) is 0 Å². The molecule has 1 aromatic rings. The van der Waals surface area contributed by atoms with E-state index >= 15 is 0 Å². The first-order valence-corrected chi connectivity index (χ1v) is 8.09. The Labute approximate surface area is 129 Å². The van der Waals surface area contributed by atoms with Crippen molar-refractivity contribution in [2.45, 2.75) is 58.3 Å². The lowest BCUT2D eigenvalue weighted by Crippen LogP contribution is -2.21. The summed E-state index contributed by atoms with van der Waals surface area (Å²) < 4.78 is 11.6. The van der Waals surface area contributed by atoms with Gasteiger partial charge in [0.2, 0.25) is 0 Å². The number of rotatable bonds is 6. The molecular formula is C18H29NO2. The zero-order valence-electron chi connectivity index (χ0n) is 13.8. The van der Waals surface area contributed by atoms with Gasteiger partial charge in [0.25, 0.3) is 0 Å². The Morgan fingerprint density at radius 2 is 2.14 bits per heavy atom. The quantitative estimate of drug-likeness (QED) is 0.857. The largest absolute Gasteiger partial charge is 0.496 e. The molecule has 1 saturated carbocycles. The summed E-state index contributed by atoms with van der Waals surface area (Å²) in [6, 6.07) is 6.70. The molecule has 0 amide bonds. The third kappa shape index (κ3) is 4.45. The van der Waals surface area contributed by atoms with E-state index in [0.717, 1.165) is 17.2 Å². The lowest BCUT2D eigenvalue weighted by Gasteiger charge is -2.27. The molecule has 1 aromatic carbocycles. The van der Waals surface area contributed by atoms with Gasteiger partial charge in [0.1, 0.15) is 5.75 Å². The number of methoxy groups -OCH3 is 1. The van der Waals surface area contributed by atoms with Crippen molar-refractivity contribution in [1.29, 1.82) is 0 Å². The molecule has 0 aromatic heterocycles. The van der Waals surface area contributed by atoms with Crippen molar-refractivity contribution < 1.29 is 9.47 Å². The van der Waals surface area contributed by atoms with Gasteiger partial charge in [-0.1, -0.05) is 25.8 Å². The Morgan fingerprint density at radius 1 is 1.33 bits per heavy atom. The molecule has 2 rings (SSSR count). The fourth-order valence-corrected chi connectivity index (χ4v) is 3.08. The fraction of sp³-hybridized carbons (Fsp3) is 0.667. The van der Waals surface area contributed by atoms with Crippen LogP contribution in [0.5, 0.6) is 5.75 Å². The van der Waals surface area contributed by atoms with Crippen molar-refractivity contribution >= 4 is 0 Å². The highest BCUT2D eigenvalue weighted by Gasteiger charge is 2.20. The van der Waals surface area contributed by atoms with E-state index in [2.05, 4.69) is 31.3 Å². The first kappa shape index (κ1) is 16.3. The van der Waals surface area contributed by atoms with Crippen LogP contribution < -0.4 is 10.1 Å². The summed E-state index contributed by atoms with van der Waals surface area (Å²) in [5.74, 6) is 1.72. The summed E-state index contributed by atoms with van der Waals surface area (Å²) in [4.78, 5) is 0. The molecule has 1 aliphatic rings. The second-order valence-electron chi connectivity index (χ2n) is 6.29. The Morgan fingerprint density at radius 3 is 2.81 bits per heavy atom. The van der Waals surface area contributed by atoms with Gasteiger partial charge >= 0.3 is 0 Å². The van der Waals surface area contributed by atoms with Crippen LogP contribution in [0.15, 0.2) is 18.2 Å². The van der Waals surface area contributed by atoms with Crippen LogP contribution in [-0.4, -0.2) is 20.3 Å². The summed E-state index contributed by atoms with van der Waals surface area (Å²) in [6.45, 7) is 5.13. The van der Waals surface area contributed by atoms with Crippen molar-refractivity contribution in [3.8, 4) is 5.75 Å². The molecule has 1 N–H and O–H groups in total. The van der Waals surface area contributed by atoms with Gasteiger partial charge in [-0.3, -0.25) is 0 Å². The number of ether oxygens (including phenoxy) is 2. The molecule has 0 aliphatic heterocycles. The number of benzene rings is 1. The first-order chi connectivity index (χ1) is 10.1. The van der Waals surface area contributed by atoms with Crippen molar-refractivity contribution in [2.24, 2.45) is 5.92 Å². The zero-order chi connectivity index (χ0) is 15.2. The summed E-state index contributed by atoms with van der Waals surface area (Å²) >= 11 is 0. The van der Waals surface area contributed by atoms with Gasteiger partial charge in [-0.15, -0.1) is 0 Å². The normalized spacial score (nSPS) is 23.8. The van der Waals surface area contributed by atoms with Gasteiger partial charge in [0.15, 0.2) is 0 Å². The van der Waals surface area contributed by atoms with Gasteiger partial charge in [-0.05, 0) is 50.4 Å². The van der Waals surface area contributed by atoms with Gasteiger partial charge in [0, 0.05) is 11.6 Å². The Kier molecular flexibility index (Phi) is 6.07. The van der Waals surface area contributed by atoms with Gasteiger partial charge in [0.05, 0.1) is 19.8 Å². The molecule has 3 unspecified atom stereocenters. The molecular weight excluding hydrogens is 262 g/mol. The average Bonchev–Trinajstić information content (AvgIpc) is 2.52. The average molecular weight is 291 g/mol. The van der Waals surface area contributed by atoms with Gasteiger partial charge < -0.3 is 14.8 Å². The van der Waals surface area contributed by atoms with Gasteiger partial charge in [-0.2, -0.15) is 0 Å². The first-order valence-electron chi connectivity index (χ1n) is 8.09. The van der Waals surface area contributed by atoms with E-state index in [1.165, 1.54) is 31.2 Å². The monoisotopic (exact) mass is 291 g/mol. The van der Waals surface area contributed by atoms with Crippen LogP contribution in [0.2, 0.25) is 0 Å². The van der Waals surface area contributed by atoms with Crippen molar-refractivity contribution in [3.63, 3.8) is 0 Å². The van der Waals surface area contributed by atoms with Crippen LogP contribution in [0, 0.1) is 5.92 Å². The van der Waals surface area contributed by atoms with Gasteiger partial charge in [-0.25, -0.2) is 0 Å². The zero-order valence-corrected chi connectivity index (χ0v) is 13.8. The van der Waals surface area contributed by atoms with E-state index in [0.29, 0.717) is 18.8 Å². The summed E-state index contributed by atoms with van der Waals surface area (Å²) in [6.07, 6.45) is 5.43. The van der Waals surface area contributed by atoms with Crippen LogP contribution in [0.3, 0.4) is 0 Å². The highest BCUT2D eigenvalue weighted by atomic mass is 16.5. The second-order valence-corrected chi connectivity index (χ2v) is 6.29. The molecule has 1 fully saturated rings. The molecule has 21 heavy (non-hydrogen) atoms. The minimum absolute atomic E-state index is 0.337. The lowest BCUT2D eigenvalue weighted by atomic mass is 9.89. The fourth-order valence-electron chi connectivity index (χ4n) is 3.08. The van der Waals surface area contributed by atoms with Crippen molar-refractivity contribution in [2.75, 3.05) is 14.2 Å². The minimum Gasteiger partial charge on any atom is -0.496 e. The van der Waals surface area contributed by atoms with E-state index < -0.39 is 0 Å². The van der Waals surface area contributed by atoms with E-state index in [4.69, 9.17) is 9.47 Å². The number of nitrogens with one attached hydrogen (secondary N) is 1.